The van der Waals surface area contributed by atoms with Crippen molar-refractivity contribution in [3.8, 4) is 0 Å². The van der Waals surface area contributed by atoms with Gasteiger partial charge in [0.2, 0.25) is 0 Å². The summed E-state index contributed by atoms with van der Waals surface area (Å²) >= 11 is 0. The molecule has 0 bridgehead atoms. The lowest BCUT2D eigenvalue weighted by molar-refractivity contribution is -0.142. The average Bonchev–Trinajstić information content (AvgIpc) is 2.03. The van der Waals surface area contributed by atoms with Crippen LogP contribution in [0.3, 0.4) is 0 Å². The van der Waals surface area contributed by atoms with Crippen LogP contribution in [0.5, 0.6) is 0 Å². The summed E-state index contributed by atoms with van der Waals surface area (Å²) in [7, 11) is 0. The third-order valence-corrected chi connectivity index (χ3v) is 1.38. The Morgan fingerprint density at radius 3 is 2.21 bits per heavy atom. The zero-order chi connectivity index (χ0) is 11.0. The molecule has 0 aromatic carbocycles. The van der Waals surface area contributed by atoms with Crippen LogP contribution in [-0.2, 0) is 19.1 Å². The summed E-state index contributed by atoms with van der Waals surface area (Å²) in [6.45, 7) is 5.84. The summed E-state index contributed by atoms with van der Waals surface area (Å²) < 4.78 is 9.41. The van der Waals surface area contributed by atoms with Crippen LogP contribution in [0.1, 0.15) is 27.2 Å². The minimum Gasteiger partial charge on any atom is -0.466 e. The Balaban J connectivity index is 3.99. The topological polar surface area (TPSA) is 52.6 Å². The highest BCUT2D eigenvalue weighted by Crippen LogP contribution is 2.02. The molecule has 0 unspecified atom stereocenters. The van der Waals surface area contributed by atoms with Crippen LogP contribution in [0, 0.1) is 0 Å². The van der Waals surface area contributed by atoms with Gasteiger partial charge >= 0.3 is 11.9 Å². The lowest BCUT2D eigenvalue weighted by Gasteiger charge is -2.01. The van der Waals surface area contributed by atoms with Gasteiger partial charge in [0.1, 0.15) is 0 Å². The van der Waals surface area contributed by atoms with Crippen LogP contribution in [0.4, 0.5) is 0 Å². The fourth-order valence-corrected chi connectivity index (χ4v) is 0.876. The van der Waals surface area contributed by atoms with Gasteiger partial charge in [-0.05, 0) is 20.8 Å². The Labute approximate surface area is 83.9 Å². The lowest BCUT2D eigenvalue weighted by atomic mass is 10.2. The van der Waals surface area contributed by atoms with Crippen molar-refractivity contribution in [1.82, 2.24) is 0 Å². The first-order chi connectivity index (χ1) is 6.60. The Kier molecular flexibility index (Phi) is 6.45. The minimum absolute atomic E-state index is 0.132. The van der Waals surface area contributed by atoms with Gasteiger partial charge in [-0.1, -0.05) is 5.57 Å². The van der Waals surface area contributed by atoms with Gasteiger partial charge in [-0.3, -0.25) is 4.79 Å². The van der Waals surface area contributed by atoms with Crippen LogP contribution in [0.25, 0.3) is 0 Å². The van der Waals surface area contributed by atoms with Gasteiger partial charge in [0.25, 0.3) is 0 Å². The van der Waals surface area contributed by atoms with Crippen molar-refractivity contribution in [2.75, 3.05) is 13.2 Å². The molecule has 0 N–H and O–H groups in total. The average molecular weight is 200 g/mol. The lowest BCUT2D eigenvalue weighted by Crippen LogP contribution is -2.06. The molecule has 0 amide bonds. The van der Waals surface area contributed by atoms with Crippen molar-refractivity contribution in [1.29, 1.82) is 0 Å². The number of esters is 2. The molecular formula is C10H16O4. The molecule has 0 radical (unpaired) electrons. The predicted octanol–water partition coefficient (Wildman–Crippen LogP) is 1.45. The molecule has 0 saturated carbocycles. The normalized spacial score (nSPS) is 10.9. The SMILES string of the molecule is CCOC(=O)/C=C(/C)CC(=O)OCC. The highest BCUT2D eigenvalue weighted by atomic mass is 16.5. The molecule has 0 heterocycles. The van der Waals surface area contributed by atoms with Crippen molar-refractivity contribution in [2.45, 2.75) is 27.2 Å². The first-order valence-corrected chi connectivity index (χ1v) is 4.59. The standard InChI is InChI=1S/C10H16O4/c1-4-13-9(11)6-8(3)7-10(12)14-5-2/h6H,4-5,7H2,1-3H3/b8-6-. The first kappa shape index (κ1) is 12.7. The third kappa shape index (κ3) is 6.22. The fourth-order valence-electron chi connectivity index (χ4n) is 0.876. The van der Waals surface area contributed by atoms with E-state index in [0.29, 0.717) is 18.8 Å². The van der Waals surface area contributed by atoms with Gasteiger partial charge in [0, 0.05) is 6.08 Å². The minimum atomic E-state index is -0.422. The quantitative estimate of drug-likeness (QED) is 0.498. The van der Waals surface area contributed by atoms with Crippen molar-refractivity contribution in [3.63, 3.8) is 0 Å². The molecule has 0 atom stereocenters. The highest BCUT2D eigenvalue weighted by molar-refractivity contribution is 5.84. The van der Waals surface area contributed by atoms with Crippen LogP contribution < -0.4 is 0 Å². The largest absolute Gasteiger partial charge is 0.466 e. The van der Waals surface area contributed by atoms with E-state index >= 15 is 0 Å². The molecule has 4 heteroatoms. The van der Waals surface area contributed by atoms with E-state index < -0.39 is 5.97 Å². The smallest absolute Gasteiger partial charge is 0.330 e. The second-order valence-corrected chi connectivity index (χ2v) is 2.72. The molecule has 0 aromatic heterocycles. The second-order valence-electron chi connectivity index (χ2n) is 2.72. The van der Waals surface area contributed by atoms with E-state index in [1.807, 2.05) is 0 Å². The molecule has 0 aliphatic rings. The maximum absolute atomic E-state index is 11.0. The van der Waals surface area contributed by atoms with E-state index in [9.17, 15) is 9.59 Å². The van der Waals surface area contributed by atoms with Gasteiger partial charge in [-0.15, -0.1) is 0 Å². The van der Waals surface area contributed by atoms with Gasteiger partial charge in [-0.2, -0.15) is 0 Å². The van der Waals surface area contributed by atoms with Crippen LogP contribution in [-0.4, -0.2) is 25.2 Å². The van der Waals surface area contributed by atoms with E-state index in [4.69, 9.17) is 4.74 Å². The molecule has 0 aliphatic carbocycles. The third-order valence-electron chi connectivity index (χ3n) is 1.38. The molecule has 0 aromatic rings. The van der Waals surface area contributed by atoms with Crippen LogP contribution >= 0.6 is 0 Å². The van der Waals surface area contributed by atoms with Gasteiger partial charge < -0.3 is 9.47 Å². The monoisotopic (exact) mass is 200 g/mol. The van der Waals surface area contributed by atoms with E-state index in [2.05, 4.69) is 4.74 Å². The number of carbonyl (C=O) groups excluding carboxylic acids is 2. The van der Waals surface area contributed by atoms with E-state index in [1.165, 1.54) is 6.08 Å². The molecule has 0 saturated heterocycles. The van der Waals surface area contributed by atoms with E-state index in [1.54, 1.807) is 20.8 Å². The Bertz CT molecular complexity index is 230. The molecule has 14 heavy (non-hydrogen) atoms. The number of carbonyl (C=O) groups is 2. The Morgan fingerprint density at radius 2 is 1.71 bits per heavy atom. The predicted molar refractivity (Wildman–Crippen MR) is 51.6 cm³/mol. The Hall–Kier alpha value is -1.32. The summed E-state index contributed by atoms with van der Waals surface area (Å²) in [6, 6.07) is 0. The molecule has 0 rings (SSSR count). The van der Waals surface area contributed by atoms with Crippen molar-refractivity contribution in [2.24, 2.45) is 0 Å². The molecule has 0 fully saturated rings. The molecule has 0 spiro atoms. The van der Waals surface area contributed by atoms with Gasteiger partial charge in [0.15, 0.2) is 0 Å². The first-order valence-electron chi connectivity index (χ1n) is 4.59. The van der Waals surface area contributed by atoms with Crippen molar-refractivity contribution < 1.29 is 19.1 Å². The summed E-state index contributed by atoms with van der Waals surface area (Å²) in [4.78, 5) is 21.9. The number of hydrogen-bond donors (Lipinski definition) is 0. The molecule has 80 valence electrons. The number of hydrogen-bond acceptors (Lipinski definition) is 4. The van der Waals surface area contributed by atoms with Gasteiger partial charge in [0.05, 0.1) is 19.6 Å². The fraction of sp³-hybridized carbons (Fsp3) is 0.600. The van der Waals surface area contributed by atoms with E-state index in [-0.39, 0.29) is 12.4 Å². The van der Waals surface area contributed by atoms with Crippen LogP contribution in [0.2, 0.25) is 0 Å². The number of rotatable bonds is 5. The second kappa shape index (κ2) is 7.12. The summed E-state index contributed by atoms with van der Waals surface area (Å²) in [5.74, 6) is -0.750. The van der Waals surface area contributed by atoms with Gasteiger partial charge in [-0.25, -0.2) is 4.79 Å². The Morgan fingerprint density at radius 1 is 1.14 bits per heavy atom. The highest BCUT2D eigenvalue weighted by Gasteiger charge is 2.04. The molecule has 0 aliphatic heterocycles. The summed E-state index contributed by atoms with van der Waals surface area (Å²) in [5.41, 5.74) is 0.641. The molecule has 4 nitrogen and oxygen atoms in total. The summed E-state index contributed by atoms with van der Waals surface area (Å²) in [5, 5.41) is 0. The van der Waals surface area contributed by atoms with Crippen molar-refractivity contribution in [3.05, 3.63) is 11.6 Å². The van der Waals surface area contributed by atoms with Crippen LogP contribution in [0.15, 0.2) is 11.6 Å². The zero-order valence-corrected chi connectivity index (χ0v) is 8.83. The zero-order valence-electron chi connectivity index (χ0n) is 8.83. The maximum Gasteiger partial charge on any atom is 0.330 e. The van der Waals surface area contributed by atoms with E-state index in [0.717, 1.165) is 0 Å². The summed E-state index contributed by atoms with van der Waals surface area (Å²) in [6.07, 6.45) is 1.44. The van der Waals surface area contributed by atoms with Crippen molar-refractivity contribution >= 4 is 11.9 Å². The number of ether oxygens (including phenoxy) is 2. The maximum atomic E-state index is 11.0. The molecular weight excluding hydrogens is 184 g/mol.